The van der Waals surface area contributed by atoms with Crippen molar-refractivity contribution in [2.24, 2.45) is 5.92 Å². The average Bonchev–Trinajstić information content (AvgIpc) is 2.55. The lowest BCUT2D eigenvalue weighted by Gasteiger charge is -2.32. The van der Waals surface area contributed by atoms with Crippen LogP contribution in [0.25, 0.3) is 0 Å². The summed E-state index contributed by atoms with van der Waals surface area (Å²) in [7, 11) is -0.865. The van der Waals surface area contributed by atoms with Crippen molar-refractivity contribution in [1.82, 2.24) is 14.9 Å². The fourth-order valence-electron chi connectivity index (χ4n) is 2.84. The minimum Gasteiger partial charge on any atom is -0.338 e. The zero-order valence-electron chi connectivity index (χ0n) is 13.3. The van der Waals surface area contributed by atoms with E-state index in [0.717, 1.165) is 31.5 Å². The number of benzene rings is 1. The number of piperidine rings is 1. The molecule has 6 nitrogen and oxygen atoms in total. The van der Waals surface area contributed by atoms with E-state index in [-0.39, 0.29) is 11.5 Å². The summed E-state index contributed by atoms with van der Waals surface area (Å²) < 4.78 is 39.5. The third-order valence-electron chi connectivity index (χ3n) is 4.04. The summed E-state index contributed by atoms with van der Waals surface area (Å²) in [6.45, 7) is 2.07. The molecule has 1 amide bonds. The van der Waals surface area contributed by atoms with Crippen LogP contribution in [0, 0.1) is 11.7 Å². The number of carbonyl (C=O) groups excluding carboxylic acids is 1. The normalized spacial score (nSPS) is 18.9. The summed E-state index contributed by atoms with van der Waals surface area (Å²) in [5.74, 6) is -0.764. The molecule has 128 valence electrons. The van der Waals surface area contributed by atoms with Crippen molar-refractivity contribution >= 4 is 15.9 Å². The largest absolute Gasteiger partial charge is 0.338 e. The number of carbonyl (C=O) groups is 1. The smallest absolute Gasteiger partial charge is 0.253 e. The molecule has 1 saturated heterocycles. The Morgan fingerprint density at radius 3 is 2.78 bits per heavy atom. The van der Waals surface area contributed by atoms with Gasteiger partial charge < -0.3 is 10.2 Å². The minimum absolute atomic E-state index is 0.185. The van der Waals surface area contributed by atoms with Crippen molar-refractivity contribution in [1.29, 1.82) is 0 Å². The van der Waals surface area contributed by atoms with Gasteiger partial charge in [0.25, 0.3) is 5.91 Å². The molecular weight excluding hydrogens is 321 g/mol. The van der Waals surface area contributed by atoms with E-state index < -0.39 is 20.7 Å². The van der Waals surface area contributed by atoms with Gasteiger partial charge in [-0.05, 0) is 57.6 Å². The van der Waals surface area contributed by atoms with Gasteiger partial charge in [-0.1, -0.05) is 0 Å². The van der Waals surface area contributed by atoms with Crippen LogP contribution in [0.1, 0.15) is 23.2 Å². The first-order chi connectivity index (χ1) is 10.9. The van der Waals surface area contributed by atoms with E-state index in [1.165, 1.54) is 13.1 Å². The first-order valence-electron chi connectivity index (χ1n) is 7.56. The zero-order chi connectivity index (χ0) is 17.0. The Morgan fingerprint density at radius 2 is 2.13 bits per heavy atom. The molecule has 0 bridgehead atoms. The molecule has 0 aliphatic carbocycles. The number of sulfonamides is 1. The first kappa shape index (κ1) is 17.8. The van der Waals surface area contributed by atoms with Gasteiger partial charge in [0.1, 0.15) is 10.7 Å². The van der Waals surface area contributed by atoms with E-state index in [1.54, 1.807) is 4.90 Å². The van der Waals surface area contributed by atoms with Crippen LogP contribution < -0.4 is 10.0 Å². The van der Waals surface area contributed by atoms with Crippen molar-refractivity contribution in [3.63, 3.8) is 0 Å². The second kappa shape index (κ2) is 7.37. The summed E-state index contributed by atoms with van der Waals surface area (Å²) in [6.07, 6.45) is 1.95. The number of amides is 1. The van der Waals surface area contributed by atoms with Crippen LogP contribution in [0.2, 0.25) is 0 Å². The van der Waals surface area contributed by atoms with Crippen LogP contribution >= 0.6 is 0 Å². The first-order valence-corrected chi connectivity index (χ1v) is 9.04. The van der Waals surface area contributed by atoms with Gasteiger partial charge in [-0.15, -0.1) is 0 Å². The van der Waals surface area contributed by atoms with Crippen LogP contribution in [0.3, 0.4) is 0 Å². The Morgan fingerprint density at radius 1 is 1.39 bits per heavy atom. The topological polar surface area (TPSA) is 78.5 Å². The van der Waals surface area contributed by atoms with Crippen molar-refractivity contribution < 1.29 is 17.6 Å². The highest BCUT2D eigenvalue weighted by Crippen LogP contribution is 2.21. The molecule has 0 saturated carbocycles. The molecule has 23 heavy (non-hydrogen) atoms. The van der Waals surface area contributed by atoms with Gasteiger partial charge in [-0.2, -0.15) is 0 Å². The monoisotopic (exact) mass is 343 g/mol. The second-order valence-corrected chi connectivity index (χ2v) is 7.52. The summed E-state index contributed by atoms with van der Waals surface area (Å²) in [5, 5.41) is 3.11. The SMILES string of the molecule is CNC[C@@H]1CCCN(C(=O)c2ccc(F)c(S(=O)(=O)NC)c2)C1. The highest BCUT2D eigenvalue weighted by molar-refractivity contribution is 7.89. The highest BCUT2D eigenvalue weighted by Gasteiger charge is 2.26. The lowest BCUT2D eigenvalue weighted by atomic mass is 9.97. The Hall–Kier alpha value is -1.51. The lowest BCUT2D eigenvalue weighted by Crippen LogP contribution is -2.42. The molecule has 0 aromatic heterocycles. The standard InChI is InChI=1S/C15H22FN3O3S/c1-17-9-11-4-3-7-19(10-11)15(20)12-5-6-13(16)14(8-12)23(21,22)18-2/h5-6,8,11,17-18H,3-4,7,9-10H2,1-2H3/t11-/m0/s1. The highest BCUT2D eigenvalue weighted by atomic mass is 32.2. The number of likely N-dealkylation sites (tertiary alicyclic amines) is 1. The molecule has 1 atom stereocenters. The molecule has 0 spiro atoms. The molecule has 2 rings (SSSR count). The van der Waals surface area contributed by atoms with Crippen molar-refractivity contribution in [2.75, 3.05) is 33.7 Å². The summed E-state index contributed by atoms with van der Waals surface area (Å²) >= 11 is 0. The lowest BCUT2D eigenvalue weighted by molar-refractivity contribution is 0.0674. The third kappa shape index (κ3) is 4.07. The predicted octanol–water partition coefficient (Wildman–Crippen LogP) is 0.805. The zero-order valence-corrected chi connectivity index (χ0v) is 14.1. The van der Waals surface area contributed by atoms with Crippen LogP contribution in [-0.2, 0) is 10.0 Å². The van der Waals surface area contributed by atoms with Crippen LogP contribution in [0.15, 0.2) is 23.1 Å². The Balaban J connectivity index is 2.24. The number of rotatable bonds is 5. The fourth-order valence-corrected chi connectivity index (χ4v) is 3.67. The molecule has 1 aromatic rings. The van der Waals surface area contributed by atoms with E-state index in [2.05, 4.69) is 10.0 Å². The maximum Gasteiger partial charge on any atom is 0.253 e. The van der Waals surface area contributed by atoms with Crippen LogP contribution in [-0.4, -0.2) is 53.0 Å². The molecular formula is C15H22FN3O3S. The van der Waals surface area contributed by atoms with Gasteiger partial charge in [0.05, 0.1) is 0 Å². The van der Waals surface area contributed by atoms with E-state index in [9.17, 15) is 17.6 Å². The Kier molecular flexibility index (Phi) is 5.72. The molecule has 8 heteroatoms. The van der Waals surface area contributed by atoms with E-state index in [0.29, 0.717) is 19.0 Å². The molecule has 0 radical (unpaired) electrons. The van der Waals surface area contributed by atoms with Gasteiger partial charge in [0.2, 0.25) is 10.0 Å². The molecule has 1 fully saturated rings. The average molecular weight is 343 g/mol. The second-order valence-electron chi connectivity index (χ2n) is 5.67. The quantitative estimate of drug-likeness (QED) is 0.829. The predicted molar refractivity (Wildman–Crippen MR) is 85.2 cm³/mol. The molecule has 1 aliphatic rings. The maximum atomic E-state index is 13.8. The number of halogens is 1. The Bertz CT molecular complexity index is 677. The fraction of sp³-hybridized carbons (Fsp3) is 0.533. The summed E-state index contributed by atoms with van der Waals surface area (Å²) in [6, 6.07) is 3.45. The molecule has 1 aromatic carbocycles. The molecule has 1 aliphatic heterocycles. The molecule has 0 unspecified atom stereocenters. The van der Waals surface area contributed by atoms with Crippen molar-refractivity contribution in [3.8, 4) is 0 Å². The maximum absolute atomic E-state index is 13.8. The van der Waals surface area contributed by atoms with E-state index >= 15 is 0 Å². The number of hydrogen-bond acceptors (Lipinski definition) is 4. The number of nitrogens with zero attached hydrogens (tertiary/aromatic N) is 1. The van der Waals surface area contributed by atoms with Crippen LogP contribution in [0.5, 0.6) is 0 Å². The third-order valence-corrected chi connectivity index (χ3v) is 5.46. The van der Waals surface area contributed by atoms with E-state index in [1.807, 2.05) is 7.05 Å². The minimum atomic E-state index is -3.94. The summed E-state index contributed by atoms with van der Waals surface area (Å²) in [4.78, 5) is 13.8. The number of nitrogens with one attached hydrogen (secondary N) is 2. The van der Waals surface area contributed by atoms with Gasteiger partial charge in [0.15, 0.2) is 0 Å². The van der Waals surface area contributed by atoms with Crippen molar-refractivity contribution in [2.45, 2.75) is 17.7 Å². The molecule has 2 N–H and O–H groups in total. The molecule has 1 heterocycles. The van der Waals surface area contributed by atoms with Gasteiger partial charge in [-0.3, -0.25) is 4.79 Å². The van der Waals surface area contributed by atoms with E-state index in [4.69, 9.17) is 0 Å². The van der Waals surface area contributed by atoms with Gasteiger partial charge in [-0.25, -0.2) is 17.5 Å². The van der Waals surface area contributed by atoms with Gasteiger partial charge >= 0.3 is 0 Å². The van der Waals surface area contributed by atoms with Crippen LogP contribution in [0.4, 0.5) is 4.39 Å². The van der Waals surface area contributed by atoms with Crippen molar-refractivity contribution in [3.05, 3.63) is 29.6 Å². The Labute approximate surface area is 136 Å². The summed E-state index contributed by atoms with van der Waals surface area (Å²) in [5.41, 5.74) is 0.185. The van der Waals surface area contributed by atoms with Gasteiger partial charge in [0, 0.05) is 18.7 Å². The number of hydrogen-bond donors (Lipinski definition) is 2.